The monoisotopic (exact) mass is 434 g/mol. The smallest absolute Gasteiger partial charge is 0.145 e. The van der Waals surface area contributed by atoms with E-state index in [1.54, 1.807) is 0 Å². The third-order valence-electron chi connectivity index (χ3n) is 6.82. The Morgan fingerprint density at radius 2 is 1.62 bits per heavy atom. The Hall–Kier alpha value is -2.91. The van der Waals surface area contributed by atoms with Gasteiger partial charge >= 0.3 is 0 Å². The molecule has 0 aliphatic heterocycles. The van der Waals surface area contributed by atoms with Crippen LogP contribution < -0.4 is 5.19 Å². The number of pyridine rings is 1. The number of rotatable bonds is 2. The second-order valence-corrected chi connectivity index (χ2v) is 16.7. The van der Waals surface area contributed by atoms with Crippen LogP contribution in [0.3, 0.4) is 0 Å². The normalized spacial score (nSPS) is 13.4. The lowest BCUT2D eigenvalue weighted by Crippen LogP contribution is -2.37. The first-order valence-electron chi connectivity index (χ1n) is 11.6. The Morgan fingerprint density at radius 1 is 0.844 bits per heavy atom. The first kappa shape index (κ1) is 19.7. The zero-order valence-corrected chi connectivity index (χ0v) is 20.9. The molecule has 0 spiro atoms. The summed E-state index contributed by atoms with van der Waals surface area (Å²) in [5, 5.41) is 9.60. The Balaban J connectivity index is 1.96. The standard InChI is InChI=1S/C29H30N2Si/c1-29(2,3)17-25-22-10-8-7-9-18(22)15-24-26(25)23-16-21(32(4,5)6)14-19-13-20-11-12-30-28(24)31(20)27(19)23/h7-16H,17H2,1-6H3. The van der Waals surface area contributed by atoms with Crippen LogP contribution in [0.1, 0.15) is 26.3 Å². The molecule has 3 aromatic heterocycles. The molecule has 0 saturated heterocycles. The van der Waals surface area contributed by atoms with Crippen molar-refractivity contribution < 1.29 is 0 Å². The van der Waals surface area contributed by atoms with E-state index in [9.17, 15) is 0 Å². The van der Waals surface area contributed by atoms with Gasteiger partial charge in [0.25, 0.3) is 0 Å². The van der Waals surface area contributed by atoms with Gasteiger partial charge in [-0.15, -0.1) is 0 Å². The van der Waals surface area contributed by atoms with Crippen LogP contribution in [0.4, 0.5) is 0 Å². The number of hydrogen-bond acceptors (Lipinski definition) is 1. The van der Waals surface area contributed by atoms with Crippen LogP contribution in [-0.2, 0) is 6.42 Å². The van der Waals surface area contributed by atoms with Crippen LogP contribution in [0.2, 0.25) is 19.6 Å². The van der Waals surface area contributed by atoms with E-state index in [2.05, 4.69) is 99.4 Å². The minimum Gasteiger partial charge on any atom is -0.293 e. The van der Waals surface area contributed by atoms with Crippen LogP contribution >= 0.6 is 0 Å². The van der Waals surface area contributed by atoms with Gasteiger partial charge in [-0.3, -0.25) is 4.40 Å². The molecule has 0 amide bonds. The van der Waals surface area contributed by atoms with Crippen molar-refractivity contribution in [2.75, 3.05) is 0 Å². The summed E-state index contributed by atoms with van der Waals surface area (Å²) in [7, 11) is -1.49. The zero-order chi connectivity index (χ0) is 22.4. The SMILES string of the molecule is CC(C)(C)Cc1c2ccccc2cc2c1c1cc([Si](C)(C)C)cc3cc4ccnc2n4c31. The maximum absolute atomic E-state index is 4.92. The van der Waals surface area contributed by atoms with Gasteiger partial charge in [-0.2, -0.15) is 0 Å². The van der Waals surface area contributed by atoms with Crippen molar-refractivity contribution in [3.63, 3.8) is 0 Å². The van der Waals surface area contributed by atoms with E-state index in [0.29, 0.717) is 0 Å². The summed E-state index contributed by atoms with van der Waals surface area (Å²) < 4.78 is 2.39. The van der Waals surface area contributed by atoms with Gasteiger partial charge in [0, 0.05) is 27.9 Å². The predicted octanol–water partition coefficient (Wildman–Crippen LogP) is 7.52. The summed E-state index contributed by atoms with van der Waals surface area (Å²) in [5.74, 6) is 0. The predicted molar refractivity (Wildman–Crippen MR) is 143 cm³/mol. The molecule has 0 atom stereocenters. The maximum Gasteiger partial charge on any atom is 0.145 e. The topological polar surface area (TPSA) is 17.3 Å². The Kier molecular flexibility index (Phi) is 3.90. The van der Waals surface area contributed by atoms with Crippen molar-refractivity contribution in [3.05, 3.63) is 66.4 Å². The van der Waals surface area contributed by atoms with Crippen molar-refractivity contribution in [1.82, 2.24) is 9.38 Å². The minimum absolute atomic E-state index is 0.187. The van der Waals surface area contributed by atoms with E-state index < -0.39 is 8.07 Å². The van der Waals surface area contributed by atoms with Crippen molar-refractivity contribution >= 4 is 62.3 Å². The van der Waals surface area contributed by atoms with Crippen LogP contribution in [0.25, 0.3) is 49.0 Å². The molecule has 0 bridgehead atoms. The van der Waals surface area contributed by atoms with Crippen molar-refractivity contribution in [2.24, 2.45) is 5.41 Å². The van der Waals surface area contributed by atoms with Gasteiger partial charge in [0.05, 0.1) is 13.6 Å². The number of aromatic nitrogens is 2. The largest absolute Gasteiger partial charge is 0.293 e. The summed E-state index contributed by atoms with van der Waals surface area (Å²) in [6.07, 6.45) is 3.00. The fraction of sp³-hybridized carbons (Fsp3) is 0.276. The Morgan fingerprint density at radius 3 is 2.38 bits per heavy atom. The molecule has 32 heavy (non-hydrogen) atoms. The summed E-state index contributed by atoms with van der Waals surface area (Å²) in [6.45, 7) is 14.4. The van der Waals surface area contributed by atoms with E-state index >= 15 is 0 Å². The number of hydrogen-bond donors (Lipinski definition) is 0. The Bertz CT molecular complexity index is 1660. The van der Waals surface area contributed by atoms with E-state index in [-0.39, 0.29) is 5.41 Å². The first-order chi connectivity index (χ1) is 15.1. The Labute approximate surface area is 190 Å². The van der Waals surface area contributed by atoms with E-state index in [1.807, 2.05) is 6.20 Å². The molecule has 0 aliphatic carbocycles. The third kappa shape index (κ3) is 2.80. The maximum atomic E-state index is 4.92. The molecule has 3 aromatic carbocycles. The van der Waals surface area contributed by atoms with Crippen molar-refractivity contribution in [3.8, 4) is 0 Å². The van der Waals surface area contributed by atoms with Gasteiger partial charge < -0.3 is 0 Å². The van der Waals surface area contributed by atoms with E-state index in [1.165, 1.54) is 54.1 Å². The molecule has 0 N–H and O–H groups in total. The number of fused-ring (bicyclic) bond motifs is 4. The van der Waals surface area contributed by atoms with Crippen molar-refractivity contribution in [2.45, 2.75) is 46.8 Å². The van der Waals surface area contributed by atoms with Gasteiger partial charge in [-0.05, 0) is 51.8 Å². The second kappa shape index (κ2) is 6.32. The average Bonchev–Trinajstić information content (AvgIpc) is 3.10. The van der Waals surface area contributed by atoms with Crippen molar-refractivity contribution in [1.29, 1.82) is 0 Å². The fourth-order valence-corrected chi connectivity index (χ4v) is 6.56. The van der Waals surface area contributed by atoms with Gasteiger partial charge in [0.2, 0.25) is 0 Å². The molecule has 0 unspecified atom stereocenters. The molecule has 6 rings (SSSR count). The average molecular weight is 435 g/mol. The summed E-state index contributed by atoms with van der Waals surface area (Å²) >= 11 is 0. The van der Waals surface area contributed by atoms with Crippen LogP contribution in [0.15, 0.2) is 60.8 Å². The molecule has 0 aliphatic rings. The molecule has 6 aromatic rings. The molecule has 160 valence electrons. The molecule has 0 saturated carbocycles. The first-order valence-corrected chi connectivity index (χ1v) is 15.1. The highest BCUT2D eigenvalue weighted by Crippen LogP contribution is 2.41. The summed E-state index contributed by atoms with van der Waals surface area (Å²) in [4.78, 5) is 4.92. The third-order valence-corrected chi connectivity index (χ3v) is 8.84. The van der Waals surface area contributed by atoms with Crippen LogP contribution in [0, 0.1) is 5.41 Å². The minimum atomic E-state index is -1.49. The molecule has 2 nitrogen and oxygen atoms in total. The summed E-state index contributed by atoms with van der Waals surface area (Å²) in [5.41, 5.74) is 5.28. The number of nitrogens with zero attached hydrogens (tertiary/aromatic N) is 2. The second-order valence-electron chi connectivity index (χ2n) is 11.6. The molecular formula is C29H30N2Si. The van der Waals surface area contributed by atoms with Crippen LogP contribution in [-0.4, -0.2) is 17.5 Å². The molecular weight excluding hydrogens is 404 g/mol. The quantitative estimate of drug-likeness (QED) is 0.156. The molecule has 0 fully saturated rings. The lowest BCUT2D eigenvalue weighted by atomic mass is 9.83. The molecule has 0 radical (unpaired) electrons. The molecule has 3 heterocycles. The number of benzene rings is 3. The van der Waals surface area contributed by atoms with Gasteiger partial charge in [0.15, 0.2) is 0 Å². The zero-order valence-electron chi connectivity index (χ0n) is 19.9. The van der Waals surface area contributed by atoms with Crippen LogP contribution in [0.5, 0.6) is 0 Å². The summed E-state index contributed by atoms with van der Waals surface area (Å²) in [6, 6.07) is 20.7. The van der Waals surface area contributed by atoms with Gasteiger partial charge in [0.1, 0.15) is 5.65 Å². The highest BCUT2D eigenvalue weighted by molar-refractivity contribution is 6.89. The van der Waals surface area contributed by atoms with Gasteiger partial charge in [-0.25, -0.2) is 4.98 Å². The highest BCUT2D eigenvalue weighted by atomic mass is 28.3. The van der Waals surface area contributed by atoms with E-state index in [0.717, 1.165) is 12.1 Å². The molecule has 3 heteroatoms. The van der Waals surface area contributed by atoms with E-state index in [4.69, 9.17) is 4.98 Å². The fourth-order valence-electron chi connectivity index (χ4n) is 5.40. The highest BCUT2D eigenvalue weighted by Gasteiger charge is 2.24. The lowest BCUT2D eigenvalue weighted by Gasteiger charge is -2.24. The lowest BCUT2D eigenvalue weighted by molar-refractivity contribution is 0.414. The van der Waals surface area contributed by atoms with Gasteiger partial charge in [-0.1, -0.05) is 82.0 Å².